The first-order valence-corrected chi connectivity index (χ1v) is 8.08. The van der Waals surface area contributed by atoms with Crippen molar-refractivity contribution in [1.82, 2.24) is 0 Å². The second kappa shape index (κ2) is 8.29. The van der Waals surface area contributed by atoms with Crippen molar-refractivity contribution in [2.24, 2.45) is 0 Å². The Morgan fingerprint density at radius 1 is 1.04 bits per heavy atom. The van der Waals surface area contributed by atoms with E-state index in [-0.39, 0.29) is 6.61 Å². The molecule has 0 unspecified atom stereocenters. The van der Waals surface area contributed by atoms with Gasteiger partial charge in [0.15, 0.2) is 0 Å². The molecule has 0 radical (unpaired) electrons. The first-order valence-electron chi connectivity index (χ1n) is 8.08. The summed E-state index contributed by atoms with van der Waals surface area (Å²) in [4.78, 5) is 23.6. The fourth-order valence-electron chi connectivity index (χ4n) is 2.26. The maximum Gasteiger partial charge on any atom is 0.343 e. The maximum atomic E-state index is 12.2. The van der Waals surface area contributed by atoms with Crippen molar-refractivity contribution in [2.75, 3.05) is 6.61 Å². The van der Waals surface area contributed by atoms with Crippen LogP contribution in [0.5, 0.6) is 5.75 Å². The highest BCUT2D eigenvalue weighted by molar-refractivity contribution is 5.91. The van der Waals surface area contributed by atoms with Crippen LogP contribution in [0.2, 0.25) is 0 Å². The predicted molar refractivity (Wildman–Crippen MR) is 96.8 cm³/mol. The lowest BCUT2D eigenvalue weighted by Gasteiger charge is -2.09. The largest absolute Gasteiger partial charge is 0.462 e. The number of aryl methyl sites for hydroxylation is 2. The summed E-state index contributed by atoms with van der Waals surface area (Å²) in [5.74, 6) is -0.229. The Balaban J connectivity index is 1.93. The quantitative estimate of drug-likeness (QED) is 0.450. The van der Waals surface area contributed by atoms with E-state index in [4.69, 9.17) is 9.47 Å². The van der Waals surface area contributed by atoms with E-state index in [1.807, 2.05) is 38.1 Å². The smallest absolute Gasteiger partial charge is 0.343 e. The van der Waals surface area contributed by atoms with Gasteiger partial charge in [-0.05, 0) is 50.1 Å². The zero-order valence-corrected chi connectivity index (χ0v) is 14.8. The lowest BCUT2D eigenvalue weighted by atomic mass is 10.1. The first kappa shape index (κ1) is 18.5. The highest BCUT2D eigenvalue weighted by atomic mass is 16.5. The van der Waals surface area contributed by atoms with E-state index in [1.165, 1.54) is 0 Å². The fourth-order valence-corrected chi connectivity index (χ4v) is 2.26. The third kappa shape index (κ3) is 5.31. The zero-order chi connectivity index (χ0) is 18.4. The SMILES string of the molecule is C=C(C)C(=O)OCCc1ccc(C(=O)Oc2ccc(C)cc2C)cc1. The van der Waals surface area contributed by atoms with Crippen LogP contribution in [-0.2, 0) is 16.0 Å². The Hall–Kier alpha value is -2.88. The van der Waals surface area contributed by atoms with Crippen LogP contribution < -0.4 is 4.74 Å². The minimum Gasteiger partial charge on any atom is -0.462 e. The average molecular weight is 338 g/mol. The molecule has 4 heteroatoms. The van der Waals surface area contributed by atoms with E-state index in [2.05, 4.69) is 6.58 Å². The highest BCUT2D eigenvalue weighted by Gasteiger charge is 2.10. The van der Waals surface area contributed by atoms with Gasteiger partial charge in [-0.25, -0.2) is 9.59 Å². The van der Waals surface area contributed by atoms with Gasteiger partial charge in [0.1, 0.15) is 5.75 Å². The van der Waals surface area contributed by atoms with E-state index in [0.717, 1.165) is 16.7 Å². The Labute approximate surface area is 148 Å². The molecule has 0 heterocycles. The van der Waals surface area contributed by atoms with E-state index < -0.39 is 11.9 Å². The van der Waals surface area contributed by atoms with Gasteiger partial charge < -0.3 is 9.47 Å². The van der Waals surface area contributed by atoms with E-state index in [1.54, 1.807) is 25.1 Å². The molecule has 2 aromatic rings. The van der Waals surface area contributed by atoms with Crippen molar-refractivity contribution in [3.05, 3.63) is 76.9 Å². The van der Waals surface area contributed by atoms with Crippen LogP contribution in [0, 0.1) is 13.8 Å². The number of hydrogen-bond donors (Lipinski definition) is 0. The van der Waals surface area contributed by atoms with Gasteiger partial charge in [-0.3, -0.25) is 0 Å². The minimum atomic E-state index is -0.396. The molecule has 0 aliphatic carbocycles. The van der Waals surface area contributed by atoms with E-state index >= 15 is 0 Å². The van der Waals surface area contributed by atoms with Crippen molar-refractivity contribution in [2.45, 2.75) is 27.2 Å². The van der Waals surface area contributed by atoms with Gasteiger partial charge in [0.2, 0.25) is 0 Å². The van der Waals surface area contributed by atoms with Crippen molar-refractivity contribution >= 4 is 11.9 Å². The molecule has 0 fully saturated rings. The molecule has 0 aliphatic heterocycles. The molecule has 2 rings (SSSR count). The number of esters is 2. The first-order chi connectivity index (χ1) is 11.9. The minimum absolute atomic E-state index is 0.276. The van der Waals surface area contributed by atoms with Crippen LogP contribution >= 0.6 is 0 Å². The summed E-state index contributed by atoms with van der Waals surface area (Å²) >= 11 is 0. The van der Waals surface area contributed by atoms with Crippen LogP contribution in [0.4, 0.5) is 0 Å². The maximum absolute atomic E-state index is 12.2. The van der Waals surface area contributed by atoms with Gasteiger partial charge in [-0.1, -0.05) is 36.4 Å². The molecule has 0 aliphatic rings. The number of benzene rings is 2. The Kier molecular flexibility index (Phi) is 6.12. The van der Waals surface area contributed by atoms with Gasteiger partial charge >= 0.3 is 11.9 Å². The normalized spacial score (nSPS) is 10.2. The van der Waals surface area contributed by atoms with Crippen molar-refractivity contribution in [3.63, 3.8) is 0 Å². The zero-order valence-electron chi connectivity index (χ0n) is 14.8. The molecule has 0 amide bonds. The topological polar surface area (TPSA) is 52.6 Å². The third-order valence-corrected chi connectivity index (χ3v) is 3.70. The third-order valence-electron chi connectivity index (χ3n) is 3.70. The van der Waals surface area contributed by atoms with E-state index in [9.17, 15) is 9.59 Å². The van der Waals surface area contributed by atoms with Crippen molar-refractivity contribution in [3.8, 4) is 5.75 Å². The van der Waals surface area contributed by atoms with Crippen LogP contribution in [0.15, 0.2) is 54.6 Å². The molecule has 0 N–H and O–H groups in total. The summed E-state index contributed by atoms with van der Waals surface area (Å²) < 4.78 is 10.5. The van der Waals surface area contributed by atoms with Crippen LogP contribution in [-0.4, -0.2) is 18.5 Å². The van der Waals surface area contributed by atoms with Crippen LogP contribution in [0.3, 0.4) is 0 Å². The number of carbonyl (C=O) groups excluding carboxylic acids is 2. The Morgan fingerprint density at radius 3 is 2.32 bits per heavy atom. The summed E-state index contributed by atoms with van der Waals surface area (Å²) in [6, 6.07) is 12.7. The highest BCUT2D eigenvalue weighted by Crippen LogP contribution is 2.20. The summed E-state index contributed by atoms with van der Waals surface area (Å²) in [5, 5.41) is 0. The summed E-state index contributed by atoms with van der Waals surface area (Å²) in [7, 11) is 0. The van der Waals surface area contributed by atoms with Crippen LogP contribution in [0.1, 0.15) is 34.0 Å². The van der Waals surface area contributed by atoms with Gasteiger partial charge in [0.05, 0.1) is 12.2 Å². The second-order valence-corrected chi connectivity index (χ2v) is 6.02. The van der Waals surface area contributed by atoms with Crippen LogP contribution in [0.25, 0.3) is 0 Å². The second-order valence-electron chi connectivity index (χ2n) is 6.02. The van der Waals surface area contributed by atoms with Crippen molar-refractivity contribution in [1.29, 1.82) is 0 Å². The molecule has 130 valence electrons. The van der Waals surface area contributed by atoms with E-state index in [0.29, 0.717) is 23.3 Å². The standard InChI is InChI=1S/C21H22O4/c1-14(2)20(22)24-12-11-17-6-8-18(9-7-17)21(23)25-19-10-5-15(3)13-16(19)4/h5-10,13H,1,11-12H2,2-4H3. The lowest BCUT2D eigenvalue weighted by Crippen LogP contribution is -2.10. The molecule has 0 aromatic heterocycles. The van der Waals surface area contributed by atoms with Gasteiger partial charge in [0.25, 0.3) is 0 Å². The molecule has 4 nitrogen and oxygen atoms in total. The number of hydrogen-bond acceptors (Lipinski definition) is 4. The number of ether oxygens (including phenoxy) is 2. The summed E-state index contributed by atoms with van der Waals surface area (Å²) in [6.45, 7) is 9.32. The molecule has 0 atom stereocenters. The molecule has 0 saturated carbocycles. The molecular weight excluding hydrogens is 316 g/mol. The Morgan fingerprint density at radius 2 is 1.72 bits per heavy atom. The summed E-state index contributed by atoms with van der Waals surface area (Å²) in [5.41, 5.74) is 3.86. The average Bonchev–Trinajstić information content (AvgIpc) is 2.57. The molecule has 0 bridgehead atoms. The predicted octanol–water partition coefficient (Wildman–Crippen LogP) is 4.18. The molecular formula is C21H22O4. The molecule has 2 aromatic carbocycles. The fraction of sp³-hybridized carbons (Fsp3) is 0.238. The number of carbonyl (C=O) groups is 2. The van der Waals surface area contributed by atoms with Gasteiger partial charge in [-0.15, -0.1) is 0 Å². The van der Waals surface area contributed by atoms with Gasteiger partial charge in [-0.2, -0.15) is 0 Å². The lowest BCUT2D eigenvalue weighted by molar-refractivity contribution is -0.138. The van der Waals surface area contributed by atoms with Crippen molar-refractivity contribution < 1.29 is 19.1 Å². The molecule has 0 saturated heterocycles. The monoisotopic (exact) mass is 338 g/mol. The number of rotatable bonds is 6. The van der Waals surface area contributed by atoms with Gasteiger partial charge in [0, 0.05) is 12.0 Å². The Bertz CT molecular complexity index is 788. The summed E-state index contributed by atoms with van der Waals surface area (Å²) in [6.07, 6.45) is 0.575. The molecule has 0 spiro atoms. The molecule has 25 heavy (non-hydrogen) atoms.